The van der Waals surface area contributed by atoms with Gasteiger partial charge >= 0.3 is 0 Å². The Labute approximate surface area is 160 Å². The Bertz CT molecular complexity index is 761. The van der Waals surface area contributed by atoms with E-state index in [4.69, 9.17) is 5.10 Å². The Morgan fingerprint density at radius 2 is 2.04 bits per heavy atom. The van der Waals surface area contributed by atoms with Gasteiger partial charge < -0.3 is 10.6 Å². The van der Waals surface area contributed by atoms with Crippen LogP contribution in [0.5, 0.6) is 0 Å². The van der Waals surface area contributed by atoms with Crippen LogP contribution in [0.25, 0.3) is 11.2 Å². The Morgan fingerprint density at radius 3 is 2.85 bits per heavy atom. The third-order valence-electron chi connectivity index (χ3n) is 5.99. The number of hydrogen-bond donors (Lipinski definition) is 2. The fourth-order valence-corrected chi connectivity index (χ4v) is 4.44. The van der Waals surface area contributed by atoms with E-state index in [1.165, 1.54) is 32.1 Å². The van der Waals surface area contributed by atoms with Crippen LogP contribution >= 0.6 is 0 Å². The molecule has 2 aliphatic rings. The van der Waals surface area contributed by atoms with Gasteiger partial charge in [-0.2, -0.15) is 5.10 Å². The number of carbonyl (C=O) groups is 1. The van der Waals surface area contributed by atoms with Crippen LogP contribution < -0.4 is 10.6 Å². The van der Waals surface area contributed by atoms with E-state index in [0.717, 1.165) is 48.7 Å². The molecule has 3 heterocycles. The van der Waals surface area contributed by atoms with Crippen LogP contribution in [0.2, 0.25) is 0 Å². The number of aromatic nitrogens is 4. The average molecular weight is 371 g/mol. The van der Waals surface area contributed by atoms with Gasteiger partial charge in [-0.3, -0.25) is 4.79 Å². The first-order chi connectivity index (χ1) is 13.3. The van der Waals surface area contributed by atoms with Gasteiger partial charge in [0.15, 0.2) is 5.65 Å². The molecule has 4 rings (SSSR count). The number of fused-ring (bicyclic) bond motifs is 1. The summed E-state index contributed by atoms with van der Waals surface area (Å²) in [6.45, 7) is 3.18. The molecule has 1 aliphatic carbocycles. The normalized spacial score (nSPS) is 21.0. The minimum absolute atomic E-state index is 0.156. The van der Waals surface area contributed by atoms with Gasteiger partial charge in [0.2, 0.25) is 5.91 Å². The number of nitrogens with zero attached hydrogens (tertiary/aromatic N) is 4. The van der Waals surface area contributed by atoms with Crippen LogP contribution in [0.1, 0.15) is 63.0 Å². The lowest BCUT2D eigenvalue weighted by atomic mass is 9.86. The monoisotopic (exact) mass is 370 g/mol. The van der Waals surface area contributed by atoms with Crippen LogP contribution in [0.15, 0.2) is 12.4 Å². The lowest BCUT2D eigenvalue weighted by Crippen LogP contribution is -2.28. The van der Waals surface area contributed by atoms with Crippen LogP contribution in [0, 0.1) is 5.92 Å². The first-order valence-corrected chi connectivity index (χ1v) is 10.5. The fraction of sp³-hybridized carbons (Fsp3) is 0.700. The van der Waals surface area contributed by atoms with Crippen molar-refractivity contribution in [2.75, 3.05) is 19.6 Å². The molecule has 1 unspecified atom stereocenters. The second-order valence-electron chi connectivity index (χ2n) is 7.92. The van der Waals surface area contributed by atoms with E-state index in [1.807, 2.05) is 4.68 Å². The zero-order valence-corrected chi connectivity index (χ0v) is 16.0. The Morgan fingerprint density at radius 1 is 1.19 bits per heavy atom. The molecular weight excluding hydrogens is 340 g/mol. The lowest BCUT2D eigenvalue weighted by Gasteiger charge is -2.20. The summed E-state index contributed by atoms with van der Waals surface area (Å²) in [5.41, 5.74) is 2.75. The molecule has 1 saturated heterocycles. The minimum atomic E-state index is 0.156. The molecule has 27 heavy (non-hydrogen) atoms. The molecule has 2 aromatic heterocycles. The largest absolute Gasteiger partial charge is 0.354 e. The summed E-state index contributed by atoms with van der Waals surface area (Å²) < 4.78 is 1.90. The second kappa shape index (κ2) is 8.78. The predicted molar refractivity (Wildman–Crippen MR) is 104 cm³/mol. The number of rotatable bonds is 7. The first kappa shape index (κ1) is 18.3. The van der Waals surface area contributed by atoms with Crippen molar-refractivity contribution in [1.29, 1.82) is 0 Å². The summed E-state index contributed by atoms with van der Waals surface area (Å²) in [6, 6.07) is 0. The quantitative estimate of drug-likeness (QED) is 0.782. The Balaban J connectivity index is 1.31. The first-order valence-electron chi connectivity index (χ1n) is 10.5. The van der Waals surface area contributed by atoms with Gasteiger partial charge in [-0.05, 0) is 25.3 Å². The molecule has 7 heteroatoms. The molecule has 2 fully saturated rings. The molecule has 1 amide bonds. The highest BCUT2D eigenvalue weighted by Gasteiger charge is 2.24. The van der Waals surface area contributed by atoms with Crippen LogP contribution in [0.4, 0.5) is 0 Å². The van der Waals surface area contributed by atoms with E-state index in [0.29, 0.717) is 25.4 Å². The third-order valence-corrected chi connectivity index (χ3v) is 5.99. The molecule has 0 aromatic carbocycles. The SMILES string of the molecule is O=C(CCC1CCCCC1)NCCn1nc(C2CCNC2)c2nccnc21. The van der Waals surface area contributed by atoms with Crippen LogP contribution in [-0.4, -0.2) is 45.3 Å². The summed E-state index contributed by atoms with van der Waals surface area (Å²) in [4.78, 5) is 21.2. The Kier molecular flexibility index (Phi) is 5.97. The highest BCUT2D eigenvalue weighted by atomic mass is 16.1. The smallest absolute Gasteiger partial charge is 0.220 e. The van der Waals surface area contributed by atoms with Crippen LogP contribution in [-0.2, 0) is 11.3 Å². The lowest BCUT2D eigenvalue weighted by molar-refractivity contribution is -0.121. The van der Waals surface area contributed by atoms with Gasteiger partial charge in [0.05, 0.1) is 12.2 Å². The molecule has 1 atom stereocenters. The molecule has 2 N–H and O–H groups in total. The maximum Gasteiger partial charge on any atom is 0.220 e. The predicted octanol–water partition coefficient (Wildman–Crippen LogP) is 2.38. The van der Waals surface area contributed by atoms with E-state index in [9.17, 15) is 4.79 Å². The van der Waals surface area contributed by atoms with Crippen molar-refractivity contribution in [3.05, 3.63) is 18.1 Å². The summed E-state index contributed by atoms with van der Waals surface area (Å²) in [5.74, 6) is 1.30. The van der Waals surface area contributed by atoms with E-state index in [-0.39, 0.29) is 5.91 Å². The van der Waals surface area contributed by atoms with Crippen molar-refractivity contribution in [2.24, 2.45) is 5.92 Å². The van der Waals surface area contributed by atoms with Crippen molar-refractivity contribution in [1.82, 2.24) is 30.4 Å². The third kappa shape index (κ3) is 4.46. The highest BCUT2D eigenvalue weighted by Crippen LogP contribution is 2.27. The van der Waals surface area contributed by atoms with E-state index in [1.54, 1.807) is 12.4 Å². The van der Waals surface area contributed by atoms with E-state index < -0.39 is 0 Å². The van der Waals surface area contributed by atoms with Gasteiger partial charge in [-0.1, -0.05) is 32.1 Å². The fourth-order valence-electron chi connectivity index (χ4n) is 4.44. The molecular formula is C20H30N6O. The molecule has 146 valence electrons. The average Bonchev–Trinajstić information content (AvgIpc) is 3.35. The maximum atomic E-state index is 12.2. The molecule has 2 aromatic rings. The summed E-state index contributed by atoms with van der Waals surface area (Å²) in [5, 5.41) is 11.2. The number of carbonyl (C=O) groups excluding carboxylic acids is 1. The molecule has 1 saturated carbocycles. The van der Waals surface area contributed by atoms with Gasteiger partial charge in [-0.25, -0.2) is 14.6 Å². The van der Waals surface area contributed by atoms with Gasteiger partial charge in [0.1, 0.15) is 5.52 Å². The zero-order chi connectivity index (χ0) is 18.5. The van der Waals surface area contributed by atoms with E-state index >= 15 is 0 Å². The number of hydrogen-bond acceptors (Lipinski definition) is 5. The van der Waals surface area contributed by atoms with Gasteiger partial charge in [0.25, 0.3) is 0 Å². The molecule has 1 aliphatic heterocycles. The van der Waals surface area contributed by atoms with Crippen molar-refractivity contribution in [3.8, 4) is 0 Å². The number of amides is 1. The molecule has 0 bridgehead atoms. The van der Waals surface area contributed by atoms with Crippen molar-refractivity contribution >= 4 is 17.1 Å². The number of nitrogens with one attached hydrogen (secondary N) is 2. The summed E-state index contributed by atoms with van der Waals surface area (Å²) in [6.07, 6.45) is 12.8. The minimum Gasteiger partial charge on any atom is -0.354 e. The van der Waals surface area contributed by atoms with Crippen molar-refractivity contribution < 1.29 is 4.79 Å². The van der Waals surface area contributed by atoms with Gasteiger partial charge in [-0.15, -0.1) is 0 Å². The molecule has 0 spiro atoms. The summed E-state index contributed by atoms with van der Waals surface area (Å²) in [7, 11) is 0. The van der Waals surface area contributed by atoms with Crippen molar-refractivity contribution in [2.45, 2.75) is 63.8 Å². The molecule has 7 nitrogen and oxygen atoms in total. The van der Waals surface area contributed by atoms with E-state index in [2.05, 4.69) is 20.6 Å². The zero-order valence-electron chi connectivity index (χ0n) is 16.0. The highest BCUT2D eigenvalue weighted by molar-refractivity contribution is 5.76. The standard InChI is InChI=1S/C20H30N6O/c27-17(7-6-15-4-2-1-3-5-15)22-12-13-26-20-19(23-10-11-24-20)18(25-26)16-8-9-21-14-16/h10-11,15-16,21H,1-9,12-14H2,(H,22,27). The second-order valence-corrected chi connectivity index (χ2v) is 7.92. The topological polar surface area (TPSA) is 84.7 Å². The van der Waals surface area contributed by atoms with Gasteiger partial charge in [0, 0.05) is 37.8 Å². The summed E-state index contributed by atoms with van der Waals surface area (Å²) >= 11 is 0. The Hall–Kier alpha value is -2.02. The maximum absolute atomic E-state index is 12.2. The van der Waals surface area contributed by atoms with Crippen molar-refractivity contribution in [3.63, 3.8) is 0 Å². The van der Waals surface area contributed by atoms with Crippen LogP contribution in [0.3, 0.4) is 0 Å². The molecule has 0 radical (unpaired) electrons.